The van der Waals surface area contributed by atoms with Crippen molar-refractivity contribution in [1.29, 1.82) is 0 Å². The number of aliphatic carboxylic acids is 1. The standard InChI is InChI=1S/C23H19F2NO4/c24-17-6-9-20(21(25)13-17)16-4-7-19(8-5-16)30-14-15-2-1-3-18(12-15)26-22(27)10-11-23(28)29/h1-9,12-13H,10-11,14H2,(H,26,27)(H,28,29). The lowest BCUT2D eigenvalue weighted by Crippen LogP contribution is -2.13. The molecular weight excluding hydrogens is 392 g/mol. The molecule has 154 valence electrons. The molecule has 3 aromatic rings. The summed E-state index contributed by atoms with van der Waals surface area (Å²) in [6.45, 7) is 0.239. The summed E-state index contributed by atoms with van der Waals surface area (Å²) in [5.74, 6) is -2.10. The zero-order valence-electron chi connectivity index (χ0n) is 15.9. The van der Waals surface area contributed by atoms with Crippen LogP contribution in [0.5, 0.6) is 5.75 Å². The van der Waals surface area contributed by atoms with Crippen molar-refractivity contribution in [2.24, 2.45) is 0 Å². The number of hydrogen-bond acceptors (Lipinski definition) is 3. The Morgan fingerprint density at radius 1 is 0.933 bits per heavy atom. The molecule has 7 heteroatoms. The van der Waals surface area contributed by atoms with Gasteiger partial charge in [0.2, 0.25) is 5.91 Å². The van der Waals surface area contributed by atoms with E-state index in [1.54, 1.807) is 42.5 Å². The highest BCUT2D eigenvalue weighted by molar-refractivity contribution is 5.92. The van der Waals surface area contributed by atoms with E-state index in [9.17, 15) is 18.4 Å². The van der Waals surface area contributed by atoms with Gasteiger partial charge in [0, 0.05) is 23.7 Å². The predicted molar refractivity (Wildman–Crippen MR) is 108 cm³/mol. The summed E-state index contributed by atoms with van der Waals surface area (Å²) in [7, 11) is 0. The van der Waals surface area contributed by atoms with Gasteiger partial charge in [0.05, 0.1) is 6.42 Å². The molecule has 0 atom stereocenters. The minimum absolute atomic E-state index is 0.100. The first kappa shape index (κ1) is 21.0. The summed E-state index contributed by atoms with van der Waals surface area (Å²) in [5.41, 5.74) is 2.26. The number of carbonyl (C=O) groups is 2. The maximum Gasteiger partial charge on any atom is 0.303 e. The first-order valence-electron chi connectivity index (χ1n) is 9.19. The third-order valence-corrected chi connectivity index (χ3v) is 4.28. The van der Waals surface area contributed by atoms with Gasteiger partial charge in [-0.05, 0) is 47.5 Å². The first-order valence-corrected chi connectivity index (χ1v) is 9.19. The summed E-state index contributed by atoms with van der Waals surface area (Å²) in [6, 6.07) is 17.2. The zero-order chi connectivity index (χ0) is 21.5. The third-order valence-electron chi connectivity index (χ3n) is 4.28. The Kier molecular flexibility index (Phi) is 6.75. The first-order chi connectivity index (χ1) is 14.4. The lowest BCUT2D eigenvalue weighted by Gasteiger charge is -2.10. The Labute approximate surface area is 171 Å². The number of carbonyl (C=O) groups excluding carboxylic acids is 1. The molecule has 0 aliphatic carbocycles. The van der Waals surface area contributed by atoms with Gasteiger partial charge in [-0.2, -0.15) is 0 Å². The normalized spacial score (nSPS) is 10.5. The van der Waals surface area contributed by atoms with E-state index in [0.29, 0.717) is 22.6 Å². The van der Waals surface area contributed by atoms with Gasteiger partial charge in [0.25, 0.3) is 0 Å². The van der Waals surface area contributed by atoms with Crippen molar-refractivity contribution in [3.8, 4) is 16.9 Å². The zero-order valence-corrected chi connectivity index (χ0v) is 15.9. The number of halogens is 2. The summed E-state index contributed by atoms with van der Waals surface area (Å²) in [5, 5.41) is 11.3. The average molecular weight is 411 g/mol. The van der Waals surface area contributed by atoms with Gasteiger partial charge in [0.15, 0.2) is 0 Å². The van der Waals surface area contributed by atoms with Crippen molar-refractivity contribution in [1.82, 2.24) is 0 Å². The van der Waals surface area contributed by atoms with E-state index in [0.717, 1.165) is 11.6 Å². The molecule has 1 amide bonds. The van der Waals surface area contributed by atoms with Crippen LogP contribution in [-0.4, -0.2) is 17.0 Å². The number of amides is 1. The topological polar surface area (TPSA) is 75.6 Å². The van der Waals surface area contributed by atoms with Crippen LogP contribution in [0.2, 0.25) is 0 Å². The van der Waals surface area contributed by atoms with Gasteiger partial charge in [-0.3, -0.25) is 9.59 Å². The highest BCUT2D eigenvalue weighted by atomic mass is 19.1. The van der Waals surface area contributed by atoms with E-state index in [1.807, 2.05) is 6.07 Å². The molecule has 0 bridgehead atoms. The van der Waals surface area contributed by atoms with Crippen LogP contribution in [0.3, 0.4) is 0 Å². The van der Waals surface area contributed by atoms with Gasteiger partial charge in [-0.1, -0.05) is 24.3 Å². The molecule has 0 fully saturated rings. The Bertz CT molecular complexity index is 1050. The second-order valence-corrected chi connectivity index (χ2v) is 6.58. The molecule has 3 aromatic carbocycles. The number of nitrogens with one attached hydrogen (secondary N) is 1. The molecule has 0 heterocycles. The molecule has 0 saturated heterocycles. The number of hydrogen-bond donors (Lipinski definition) is 2. The van der Waals surface area contributed by atoms with Crippen molar-refractivity contribution in [3.63, 3.8) is 0 Å². The van der Waals surface area contributed by atoms with Gasteiger partial charge in [-0.25, -0.2) is 8.78 Å². The smallest absolute Gasteiger partial charge is 0.303 e. The van der Waals surface area contributed by atoms with E-state index in [-0.39, 0.29) is 25.4 Å². The minimum atomic E-state index is -1.03. The van der Waals surface area contributed by atoms with Gasteiger partial charge in [0.1, 0.15) is 24.0 Å². The van der Waals surface area contributed by atoms with E-state index in [2.05, 4.69) is 5.32 Å². The van der Waals surface area contributed by atoms with E-state index >= 15 is 0 Å². The number of rotatable bonds is 8. The fourth-order valence-corrected chi connectivity index (χ4v) is 2.80. The van der Waals surface area contributed by atoms with Crippen LogP contribution in [-0.2, 0) is 16.2 Å². The van der Waals surface area contributed by atoms with Crippen molar-refractivity contribution < 1.29 is 28.2 Å². The van der Waals surface area contributed by atoms with Crippen molar-refractivity contribution in [2.45, 2.75) is 19.4 Å². The van der Waals surface area contributed by atoms with Crippen molar-refractivity contribution >= 4 is 17.6 Å². The third kappa shape index (κ3) is 5.88. The van der Waals surface area contributed by atoms with Crippen LogP contribution < -0.4 is 10.1 Å². The fourth-order valence-electron chi connectivity index (χ4n) is 2.80. The lowest BCUT2D eigenvalue weighted by molar-refractivity contribution is -0.138. The number of carboxylic acid groups (broad SMARTS) is 1. The lowest BCUT2D eigenvalue weighted by atomic mass is 10.1. The van der Waals surface area contributed by atoms with Gasteiger partial charge < -0.3 is 15.2 Å². The molecule has 5 nitrogen and oxygen atoms in total. The molecule has 0 aromatic heterocycles. The SMILES string of the molecule is O=C(O)CCC(=O)Nc1cccc(COc2ccc(-c3ccc(F)cc3F)cc2)c1. The maximum atomic E-state index is 13.9. The van der Waals surface area contributed by atoms with Crippen LogP contribution in [0.15, 0.2) is 66.7 Å². The van der Waals surface area contributed by atoms with Crippen LogP contribution in [0, 0.1) is 11.6 Å². The second kappa shape index (κ2) is 9.65. The summed E-state index contributed by atoms with van der Waals surface area (Å²) in [6.07, 6.45) is -0.330. The molecule has 0 radical (unpaired) electrons. The molecule has 0 spiro atoms. The molecule has 0 aliphatic heterocycles. The van der Waals surface area contributed by atoms with E-state index in [4.69, 9.17) is 9.84 Å². The van der Waals surface area contributed by atoms with Crippen LogP contribution in [0.25, 0.3) is 11.1 Å². The Morgan fingerprint density at radius 2 is 1.70 bits per heavy atom. The highest BCUT2D eigenvalue weighted by Gasteiger charge is 2.08. The van der Waals surface area contributed by atoms with Crippen LogP contribution >= 0.6 is 0 Å². The molecule has 2 N–H and O–H groups in total. The highest BCUT2D eigenvalue weighted by Crippen LogP contribution is 2.26. The van der Waals surface area contributed by atoms with Crippen molar-refractivity contribution in [3.05, 3.63) is 83.9 Å². The Morgan fingerprint density at radius 3 is 2.40 bits per heavy atom. The van der Waals surface area contributed by atoms with Crippen molar-refractivity contribution in [2.75, 3.05) is 5.32 Å². The molecule has 0 aliphatic rings. The molecule has 30 heavy (non-hydrogen) atoms. The summed E-state index contributed by atoms with van der Waals surface area (Å²) < 4.78 is 32.7. The van der Waals surface area contributed by atoms with E-state index in [1.165, 1.54) is 12.1 Å². The number of benzene rings is 3. The number of anilines is 1. The van der Waals surface area contributed by atoms with Crippen LogP contribution in [0.4, 0.5) is 14.5 Å². The Balaban J connectivity index is 1.59. The quantitative estimate of drug-likeness (QED) is 0.546. The molecule has 3 rings (SSSR count). The molecular formula is C23H19F2NO4. The van der Waals surface area contributed by atoms with E-state index < -0.39 is 17.6 Å². The van der Waals surface area contributed by atoms with Gasteiger partial charge in [-0.15, -0.1) is 0 Å². The second-order valence-electron chi connectivity index (χ2n) is 6.58. The Hall–Kier alpha value is -3.74. The maximum absolute atomic E-state index is 13.9. The summed E-state index contributed by atoms with van der Waals surface area (Å²) in [4.78, 5) is 22.3. The number of carboxylic acids is 1. The molecule has 0 saturated carbocycles. The largest absolute Gasteiger partial charge is 0.489 e. The monoisotopic (exact) mass is 411 g/mol. The van der Waals surface area contributed by atoms with Gasteiger partial charge >= 0.3 is 5.97 Å². The summed E-state index contributed by atoms with van der Waals surface area (Å²) >= 11 is 0. The molecule has 0 unspecified atom stereocenters. The predicted octanol–water partition coefficient (Wildman–Crippen LogP) is 5.01. The number of ether oxygens (including phenoxy) is 1. The van der Waals surface area contributed by atoms with Crippen LogP contribution in [0.1, 0.15) is 18.4 Å². The fraction of sp³-hybridized carbons (Fsp3) is 0.130. The minimum Gasteiger partial charge on any atom is -0.489 e. The average Bonchev–Trinajstić information content (AvgIpc) is 2.72.